The van der Waals surface area contributed by atoms with Gasteiger partial charge in [-0.1, -0.05) is 12.1 Å². The molecule has 2 heterocycles. The third-order valence-electron chi connectivity index (χ3n) is 7.10. The van der Waals surface area contributed by atoms with E-state index in [-0.39, 0.29) is 18.0 Å². The second-order valence-corrected chi connectivity index (χ2v) is 9.22. The lowest BCUT2D eigenvalue weighted by Crippen LogP contribution is -2.52. The highest BCUT2D eigenvalue weighted by Crippen LogP contribution is 2.48. The molecule has 2 amide bonds. The summed E-state index contributed by atoms with van der Waals surface area (Å²) in [6, 6.07) is 11.3. The van der Waals surface area contributed by atoms with Crippen molar-refractivity contribution < 1.29 is 37.4 Å². The SMILES string of the molecule is NC(=O)c1ccc(CC(=O)C2N(c3ccc(OC(F)(F)F)cc3)CCC23CCN(C(=O)O)CC3)cc1. The zero-order chi connectivity index (χ0) is 26.1. The fourth-order valence-electron chi connectivity index (χ4n) is 5.32. The molecule has 8 nitrogen and oxygen atoms in total. The first-order valence-electron chi connectivity index (χ1n) is 11.5. The number of halogens is 3. The number of carbonyl (C=O) groups is 3. The van der Waals surface area contributed by atoms with Gasteiger partial charge >= 0.3 is 12.5 Å². The Morgan fingerprint density at radius 3 is 2.08 bits per heavy atom. The summed E-state index contributed by atoms with van der Waals surface area (Å²) in [4.78, 5) is 39.7. The highest BCUT2D eigenvalue weighted by atomic mass is 19.4. The van der Waals surface area contributed by atoms with Crippen molar-refractivity contribution in [1.82, 2.24) is 4.90 Å². The average molecular weight is 505 g/mol. The molecule has 2 fully saturated rings. The zero-order valence-electron chi connectivity index (χ0n) is 19.3. The fourth-order valence-corrected chi connectivity index (χ4v) is 5.32. The van der Waals surface area contributed by atoms with E-state index in [0.29, 0.717) is 55.7 Å². The topological polar surface area (TPSA) is 113 Å². The number of carbonyl (C=O) groups excluding carboxylic acids is 2. The Kier molecular flexibility index (Phi) is 6.83. The molecule has 11 heteroatoms. The number of alkyl halides is 3. The van der Waals surface area contributed by atoms with Crippen molar-refractivity contribution in [3.8, 4) is 5.75 Å². The van der Waals surface area contributed by atoms with E-state index in [2.05, 4.69) is 4.74 Å². The molecule has 0 aromatic heterocycles. The number of hydrogen-bond acceptors (Lipinski definition) is 5. The first kappa shape index (κ1) is 25.3. The molecular weight excluding hydrogens is 479 g/mol. The maximum absolute atomic E-state index is 13.7. The van der Waals surface area contributed by atoms with Gasteiger partial charge < -0.3 is 25.4 Å². The van der Waals surface area contributed by atoms with Crippen LogP contribution < -0.4 is 15.4 Å². The van der Waals surface area contributed by atoms with Gasteiger partial charge in [-0.15, -0.1) is 13.2 Å². The second kappa shape index (κ2) is 9.71. The third-order valence-corrected chi connectivity index (χ3v) is 7.10. The van der Waals surface area contributed by atoms with Crippen molar-refractivity contribution >= 4 is 23.5 Å². The maximum Gasteiger partial charge on any atom is 0.573 e. The Hall–Kier alpha value is -3.76. The van der Waals surface area contributed by atoms with Crippen LogP contribution in [-0.4, -0.2) is 59.8 Å². The Labute approximate surface area is 205 Å². The van der Waals surface area contributed by atoms with E-state index in [1.165, 1.54) is 29.2 Å². The van der Waals surface area contributed by atoms with Crippen molar-refractivity contribution in [2.75, 3.05) is 24.5 Å². The van der Waals surface area contributed by atoms with Crippen LogP contribution in [0.15, 0.2) is 48.5 Å². The summed E-state index contributed by atoms with van der Waals surface area (Å²) in [5.41, 5.74) is 6.44. The number of nitrogens with zero attached hydrogens (tertiary/aromatic N) is 2. The molecule has 1 atom stereocenters. The van der Waals surface area contributed by atoms with Crippen molar-refractivity contribution in [3.05, 3.63) is 59.7 Å². The van der Waals surface area contributed by atoms with Gasteiger partial charge in [0.15, 0.2) is 5.78 Å². The van der Waals surface area contributed by atoms with Crippen molar-refractivity contribution in [3.63, 3.8) is 0 Å². The van der Waals surface area contributed by atoms with Gasteiger partial charge in [0, 0.05) is 42.7 Å². The Bertz CT molecular complexity index is 1130. The molecule has 2 aliphatic heterocycles. The molecule has 2 aromatic rings. The summed E-state index contributed by atoms with van der Waals surface area (Å²) in [5.74, 6) is -1.01. The summed E-state index contributed by atoms with van der Waals surface area (Å²) in [5, 5.41) is 9.36. The highest BCUT2D eigenvalue weighted by molar-refractivity contribution is 5.93. The standard InChI is InChI=1S/C25H26F3N3O5/c26-25(27,28)36-19-7-5-18(6-8-19)31-14-11-24(9-12-30(13-10-24)23(34)35)21(31)20(32)15-16-1-3-17(4-2-16)22(29)33/h1-8,21H,9-15H2,(H2,29,33)(H,34,35). The van der Waals surface area contributed by atoms with Crippen molar-refractivity contribution in [2.45, 2.75) is 38.1 Å². The highest BCUT2D eigenvalue weighted by Gasteiger charge is 2.52. The molecule has 1 spiro atoms. The van der Waals surface area contributed by atoms with Gasteiger partial charge in [-0.25, -0.2) is 4.79 Å². The van der Waals surface area contributed by atoms with Crippen LogP contribution in [0.25, 0.3) is 0 Å². The van der Waals surface area contributed by atoms with Crippen LogP contribution >= 0.6 is 0 Å². The molecule has 36 heavy (non-hydrogen) atoms. The first-order valence-corrected chi connectivity index (χ1v) is 11.5. The first-order chi connectivity index (χ1) is 17.0. The van der Waals surface area contributed by atoms with Crippen LogP contribution in [0.1, 0.15) is 35.2 Å². The summed E-state index contributed by atoms with van der Waals surface area (Å²) in [6.07, 6.45) is -4.07. The third kappa shape index (κ3) is 5.39. The molecule has 0 radical (unpaired) electrons. The van der Waals surface area contributed by atoms with Crippen LogP contribution in [0.4, 0.5) is 23.7 Å². The van der Waals surface area contributed by atoms with Crippen molar-refractivity contribution in [1.29, 1.82) is 0 Å². The van der Waals surface area contributed by atoms with Crippen LogP contribution in [0, 0.1) is 5.41 Å². The largest absolute Gasteiger partial charge is 0.573 e. The fraction of sp³-hybridized carbons (Fsp3) is 0.400. The van der Waals surface area contributed by atoms with E-state index < -0.39 is 29.8 Å². The molecule has 2 aromatic carbocycles. The molecule has 3 N–H and O–H groups in total. The molecule has 2 aliphatic rings. The Morgan fingerprint density at radius 2 is 1.56 bits per heavy atom. The van der Waals surface area contributed by atoms with Gasteiger partial charge in [0.25, 0.3) is 0 Å². The summed E-state index contributed by atoms with van der Waals surface area (Å²) in [7, 11) is 0. The number of piperidine rings is 1. The van der Waals surface area contributed by atoms with E-state index in [1.54, 1.807) is 24.3 Å². The van der Waals surface area contributed by atoms with Gasteiger partial charge in [-0.2, -0.15) is 0 Å². The number of ketones is 1. The van der Waals surface area contributed by atoms with Gasteiger partial charge in [-0.3, -0.25) is 9.59 Å². The number of nitrogens with two attached hydrogens (primary N) is 1. The van der Waals surface area contributed by atoms with Gasteiger partial charge in [0.1, 0.15) is 5.75 Å². The van der Waals surface area contributed by atoms with Gasteiger partial charge in [-0.05, 0) is 61.2 Å². The number of hydrogen-bond donors (Lipinski definition) is 2. The number of benzene rings is 2. The predicted octanol–water partition coefficient (Wildman–Crippen LogP) is 3.83. The maximum atomic E-state index is 13.7. The number of carboxylic acid groups (broad SMARTS) is 1. The number of ether oxygens (including phenoxy) is 1. The van der Waals surface area contributed by atoms with E-state index in [0.717, 1.165) is 0 Å². The van der Waals surface area contributed by atoms with Crippen molar-refractivity contribution in [2.24, 2.45) is 11.1 Å². The van der Waals surface area contributed by atoms with Crippen LogP contribution in [0.5, 0.6) is 5.75 Å². The zero-order valence-corrected chi connectivity index (χ0v) is 19.3. The lowest BCUT2D eigenvalue weighted by atomic mass is 9.70. The molecule has 0 aliphatic carbocycles. The monoisotopic (exact) mass is 505 g/mol. The quantitative estimate of drug-likeness (QED) is 0.617. The molecule has 4 rings (SSSR count). The summed E-state index contributed by atoms with van der Waals surface area (Å²) < 4.78 is 41.7. The predicted molar refractivity (Wildman–Crippen MR) is 124 cm³/mol. The van der Waals surface area contributed by atoms with Crippen LogP contribution in [0.3, 0.4) is 0 Å². The molecular formula is C25H26F3N3O5. The molecule has 2 saturated heterocycles. The summed E-state index contributed by atoms with van der Waals surface area (Å²) >= 11 is 0. The number of primary amides is 1. The van der Waals surface area contributed by atoms with Gasteiger partial charge in [0.05, 0.1) is 6.04 Å². The average Bonchev–Trinajstić information content (AvgIpc) is 3.17. The lowest BCUT2D eigenvalue weighted by Gasteiger charge is -2.43. The van der Waals surface area contributed by atoms with Crippen LogP contribution in [-0.2, 0) is 11.2 Å². The minimum Gasteiger partial charge on any atom is -0.465 e. The van der Waals surface area contributed by atoms with Gasteiger partial charge in [0.2, 0.25) is 5.91 Å². The normalized spacial score (nSPS) is 19.4. The number of amides is 2. The van der Waals surface area contributed by atoms with E-state index in [9.17, 15) is 32.7 Å². The van der Waals surface area contributed by atoms with E-state index in [4.69, 9.17) is 5.73 Å². The number of likely N-dealkylation sites (tertiary alicyclic amines) is 1. The molecule has 192 valence electrons. The number of anilines is 1. The minimum atomic E-state index is -4.81. The summed E-state index contributed by atoms with van der Waals surface area (Å²) in [6.45, 7) is 1.11. The minimum absolute atomic E-state index is 0.0832. The Balaban J connectivity index is 1.60. The lowest BCUT2D eigenvalue weighted by molar-refractivity contribution is -0.274. The Morgan fingerprint density at radius 1 is 0.972 bits per heavy atom. The second-order valence-electron chi connectivity index (χ2n) is 9.22. The molecule has 0 saturated carbocycles. The van der Waals surface area contributed by atoms with Crippen LogP contribution in [0.2, 0.25) is 0 Å². The number of rotatable bonds is 6. The molecule has 1 unspecified atom stereocenters. The van der Waals surface area contributed by atoms with E-state index in [1.807, 2.05) is 4.90 Å². The van der Waals surface area contributed by atoms with E-state index >= 15 is 0 Å². The number of Topliss-reactive ketones (excluding diaryl/α,β-unsaturated/α-hetero) is 1. The smallest absolute Gasteiger partial charge is 0.465 e. The molecule has 0 bridgehead atoms.